The Morgan fingerprint density at radius 2 is 1.83 bits per heavy atom. The lowest BCUT2D eigenvalue weighted by Gasteiger charge is -2.17. The van der Waals surface area contributed by atoms with Gasteiger partial charge in [-0.1, -0.05) is 30.3 Å². The Balaban J connectivity index is 1.52. The maximum absolute atomic E-state index is 12.9. The summed E-state index contributed by atoms with van der Waals surface area (Å²) in [5, 5.41) is 2.91. The molecule has 1 fully saturated rings. The van der Waals surface area contributed by atoms with Crippen LogP contribution in [-0.2, 0) is 11.2 Å². The van der Waals surface area contributed by atoms with Gasteiger partial charge in [-0.3, -0.25) is 9.59 Å². The molecule has 1 saturated heterocycles. The van der Waals surface area contributed by atoms with Crippen LogP contribution in [0.25, 0.3) is 0 Å². The van der Waals surface area contributed by atoms with Gasteiger partial charge < -0.3 is 10.2 Å². The van der Waals surface area contributed by atoms with Crippen molar-refractivity contribution in [2.75, 3.05) is 13.1 Å². The third-order valence-electron chi connectivity index (χ3n) is 4.17. The molecular weight excluding hydrogens is 307 g/mol. The molecule has 124 valence electrons. The van der Waals surface area contributed by atoms with E-state index in [-0.39, 0.29) is 23.7 Å². The highest BCUT2D eigenvalue weighted by Gasteiger charge is 2.30. The van der Waals surface area contributed by atoms with E-state index in [1.54, 1.807) is 29.2 Å². The topological polar surface area (TPSA) is 49.4 Å². The van der Waals surface area contributed by atoms with Gasteiger partial charge in [0.1, 0.15) is 5.82 Å². The summed E-state index contributed by atoms with van der Waals surface area (Å²) in [6.07, 6.45) is 0.993. The van der Waals surface area contributed by atoms with Gasteiger partial charge >= 0.3 is 0 Å². The number of nitrogens with zero attached hydrogens (tertiary/aromatic N) is 1. The summed E-state index contributed by atoms with van der Waals surface area (Å²) in [6, 6.07) is 15.1. The minimum Gasteiger partial charge on any atom is -0.347 e. The zero-order valence-corrected chi connectivity index (χ0v) is 13.2. The fourth-order valence-corrected chi connectivity index (χ4v) is 2.86. The normalized spacial score (nSPS) is 17.1. The highest BCUT2D eigenvalue weighted by Crippen LogP contribution is 2.13. The Hall–Kier alpha value is -2.69. The second kappa shape index (κ2) is 7.25. The SMILES string of the molecule is O=C(NC1CC(=O)N(CCc2ccc(F)cc2)C1)c1ccccc1. The van der Waals surface area contributed by atoms with Crippen LogP contribution < -0.4 is 5.32 Å². The van der Waals surface area contributed by atoms with Crippen molar-refractivity contribution in [2.45, 2.75) is 18.9 Å². The molecule has 2 aromatic rings. The van der Waals surface area contributed by atoms with Crippen LogP contribution in [0.3, 0.4) is 0 Å². The molecule has 0 spiro atoms. The number of amides is 2. The molecule has 1 heterocycles. The van der Waals surface area contributed by atoms with Crippen molar-refractivity contribution in [3.8, 4) is 0 Å². The van der Waals surface area contributed by atoms with Gasteiger partial charge in [-0.15, -0.1) is 0 Å². The zero-order chi connectivity index (χ0) is 16.9. The molecule has 0 bridgehead atoms. The van der Waals surface area contributed by atoms with E-state index in [9.17, 15) is 14.0 Å². The predicted molar refractivity (Wildman–Crippen MR) is 89.0 cm³/mol. The average Bonchev–Trinajstić information content (AvgIpc) is 2.94. The average molecular weight is 326 g/mol. The number of hydrogen-bond acceptors (Lipinski definition) is 2. The van der Waals surface area contributed by atoms with E-state index < -0.39 is 0 Å². The van der Waals surface area contributed by atoms with Gasteiger partial charge in [-0.2, -0.15) is 0 Å². The molecule has 2 aromatic carbocycles. The monoisotopic (exact) mass is 326 g/mol. The van der Waals surface area contributed by atoms with Crippen molar-refractivity contribution in [1.29, 1.82) is 0 Å². The van der Waals surface area contributed by atoms with Gasteiger partial charge in [0.25, 0.3) is 5.91 Å². The van der Waals surface area contributed by atoms with Gasteiger partial charge in [0.05, 0.1) is 6.04 Å². The molecule has 24 heavy (non-hydrogen) atoms. The number of carbonyl (C=O) groups is 2. The summed E-state index contributed by atoms with van der Waals surface area (Å²) in [7, 11) is 0. The van der Waals surface area contributed by atoms with E-state index >= 15 is 0 Å². The first-order chi connectivity index (χ1) is 11.6. The minimum atomic E-state index is -0.264. The first-order valence-electron chi connectivity index (χ1n) is 8.00. The minimum absolute atomic E-state index is 0.0375. The molecular formula is C19H19FN2O2. The second-order valence-corrected chi connectivity index (χ2v) is 5.96. The Kier molecular flexibility index (Phi) is 4.89. The van der Waals surface area contributed by atoms with Gasteiger partial charge in [0.2, 0.25) is 5.91 Å². The molecule has 0 aromatic heterocycles. The summed E-state index contributed by atoms with van der Waals surface area (Å²) < 4.78 is 12.9. The number of likely N-dealkylation sites (tertiary alicyclic amines) is 1. The molecule has 1 N–H and O–H groups in total. The summed E-state index contributed by atoms with van der Waals surface area (Å²) in [6.45, 7) is 1.08. The lowest BCUT2D eigenvalue weighted by Crippen LogP contribution is -2.37. The Morgan fingerprint density at radius 3 is 2.54 bits per heavy atom. The molecule has 1 unspecified atom stereocenters. The van der Waals surface area contributed by atoms with Gasteiger partial charge in [-0.25, -0.2) is 4.39 Å². The highest BCUT2D eigenvalue weighted by molar-refractivity contribution is 5.95. The Morgan fingerprint density at radius 1 is 1.12 bits per heavy atom. The van der Waals surface area contributed by atoms with Crippen molar-refractivity contribution in [3.63, 3.8) is 0 Å². The van der Waals surface area contributed by atoms with Gasteiger partial charge in [0, 0.05) is 25.1 Å². The van der Waals surface area contributed by atoms with Gasteiger partial charge in [0.15, 0.2) is 0 Å². The first kappa shape index (κ1) is 16.2. The summed E-state index contributed by atoms with van der Waals surface area (Å²) in [5.74, 6) is -0.385. The van der Waals surface area contributed by atoms with Crippen LogP contribution in [0, 0.1) is 5.82 Å². The van der Waals surface area contributed by atoms with Crippen molar-refractivity contribution in [2.24, 2.45) is 0 Å². The van der Waals surface area contributed by atoms with E-state index in [2.05, 4.69) is 5.32 Å². The largest absolute Gasteiger partial charge is 0.347 e. The maximum atomic E-state index is 12.9. The molecule has 0 radical (unpaired) electrons. The number of nitrogens with one attached hydrogen (secondary N) is 1. The lowest BCUT2D eigenvalue weighted by atomic mass is 10.1. The fourth-order valence-electron chi connectivity index (χ4n) is 2.86. The number of carbonyl (C=O) groups excluding carboxylic acids is 2. The van der Waals surface area contributed by atoms with E-state index in [4.69, 9.17) is 0 Å². The van der Waals surface area contributed by atoms with Crippen LogP contribution in [0.2, 0.25) is 0 Å². The molecule has 1 aliphatic heterocycles. The molecule has 1 atom stereocenters. The van der Waals surface area contributed by atoms with Crippen LogP contribution >= 0.6 is 0 Å². The van der Waals surface area contributed by atoms with Crippen molar-refractivity contribution in [1.82, 2.24) is 10.2 Å². The van der Waals surface area contributed by atoms with Crippen molar-refractivity contribution >= 4 is 11.8 Å². The predicted octanol–water partition coefficient (Wildman–Crippen LogP) is 2.40. The third-order valence-corrected chi connectivity index (χ3v) is 4.17. The quantitative estimate of drug-likeness (QED) is 0.917. The van der Waals surface area contributed by atoms with E-state index in [0.29, 0.717) is 31.5 Å². The van der Waals surface area contributed by atoms with E-state index in [1.807, 2.05) is 18.2 Å². The van der Waals surface area contributed by atoms with Crippen LogP contribution in [0.1, 0.15) is 22.3 Å². The Bertz CT molecular complexity index is 716. The van der Waals surface area contributed by atoms with Crippen LogP contribution in [-0.4, -0.2) is 35.8 Å². The smallest absolute Gasteiger partial charge is 0.251 e. The summed E-state index contributed by atoms with van der Waals surface area (Å²) in [4.78, 5) is 26.0. The molecule has 3 rings (SSSR count). The number of benzene rings is 2. The highest BCUT2D eigenvalue weighted by atomic mass is 19.1. The van der Waals surface area contributed by atoms with Crippen LogP contribution in [0.5, 0.6) is 0 Å². The zero-order valence-electron chi connectivity index (χ0n) is 13.2. The second-order valence-electron chi connectivity index (χ2n) is 5.96. The molecule has 1 aliphatic rings. The lowest BCUT2D eigenvalue weighted by molar-refractivity contribution is -0.127. The summed E-state index contributed by atoms with van der Waals surface area (Å²) >= 11 is 0. The van der Waals surface area contributed by atoms with Gasteiger partial charge in [-0.05, 0) is 36.2 Å². The van der Waals surface area contributed by atoms with Crippen molar-refractivity contribution < 1.29 is 14.0 Å². The molecule has 5 heteroatoms. The third kappa shape index (κ3) is 3.98. The van der Waals surface area contributed by atoms with Crippen molar-refractivity contribution in [3.05, 3.63) is 71.5 Å². The standard InChI is InChI=1S/C19H19FN2O2/c20-16-8-6-14(7-9-16)10-11-22-13-17(12-18(22)23)21-19(24)15-4-2-1-3-5-15/h1-9,17H,10-13H2,(H,21,24). The molecule has 4 nitrogen and oxygen atoms in total. The molecule has 0 aliphatic carbocycles. The summed E-state index contributed by atoms with van der Waals surface area (Å²) in [5.41, 5.74) is 1.58. The number of hydrogen-bond donors (Lipinski definition) is 1. The molecule has 0 saturated carbocycles. The number of halogens is 1. The number of rotatable bonds is 5. The molecule has 2 amide bonds. The van der Waals surface area contributed by atoms with E-state index in [0.717, 1.165) is 5.56 Å². The van der Waals surface area contributed by atoms with Crippen LogP contribution in [0.15, 0.2) is 54.6 Å². The van der Waals surface area contributed by atoms with Crippen LogP contribution in [0.4, 0.5) is 4.39 Å². The first-order valence-corrected chi connectivity index (χ1v) is 8.00. The van der Waals surface area contributed by atoms with E-state index in [1.165, 1.54) is 12.1 Å². The fraction of sp³-hybridized carbons (Fsp3) is 0.263. The Labute approximate surface area is 140 Å². The maximum Gasteiger partial charge on any atom is 0.251 e.